The van der Waals surface area contributed by atoms with Gasteiger partial charge < -0.3 is 9.80 Å². The smallest absolute Gasteiger partial charge is 0.325 e. The fourth-order valence-corrected chi connectivity index (χ4v) is 4.96. The first-order valence-electron chi connectivity index (χ1n) is 11.7. The Balaban J connectivity index is 1.60. The molecular weight excluding hydrogens is 455 g/mol. The highest BCUT2D eigenvalue weighted by Gasteiger charge is 2.31. The van der Waals surface area contributed by atoms with Gasteiger partial charge in [-0.1, -0.05) is 11.6 Å². The van der Waals surface area contributed by atoms with E-state index in [4.69, 9.17) is 11.6 Å². The molecule has 2 aliphatic heterocycles. The third-order valence-corrected chi connectivity index (χ3v) is 6.86. The van der Waals surface area contributed by atoms with Crippen molar-refractivity contribution in [2.24, 2.45) is 0 Å². The van der Waals surface area contributed by atoms with Crippen LogP contribution in [0, 0.1) is 6.92 Å². The predicted octanol–water partition coefficient (Wildman–Crippen LogP) is 5.21. The maximum atomic E-state index is 12.9. The van der Waals surface area contributed by atoms with E-state index in [-0.39, 0.29) is 18.5 Å². The zero-order valence-electron chi connectivity index (χ0n) is 19.4. The number of carbonyl (C=O) groups excluding carboxylic acids is 2. The Kier molecular flexibility index (Phi) is 8.67. The molecule has 33 heavy (non-hydrogen) atoms. The molecule has 1 aromatic rings. The number of nitrogens with zero attached hydrogens (tertiary/aromatic N) is 3. The van der Waals surface area contributed by atoms with Gasteiger partial charge in [-0.05, 0) is 61.9 Å². The van der Waals surface area contributed by atoms with Crippen LogP contribution in [0.2, 0.25) is 5.02 Å². The molecule has 0 N–H and O–H groups in total. The van der Waals surface area contributed by atoms with Crippen LogP contribution in [-0.2, 0) is 17.8 Å². The van der Waals surface area contributed by atoms with Crippen molar-refractivity contribution in [2.45, 2.75) is 71.1 Å². The van der Waals surface area contributed by atoms with E-state index in [9.17, 15) is 22.8 Å². The minimum atomic E-state index is -4.33. The molecule has 1 aromatic carbocycles. The molecule has 9 heteroatoms. The van der Waals surface area contributed by atoms with Crippen LogP contribution in [0.3, 0.4) is 0 Å². The molecule has 0 radical (unpaired) electrons. The van der Waals surface area contributed by atoms with E-state index in [0.29, 0.717) is 23.7 Å². The largest absolute Gasteiger partial charge is 0.389 e. The number of halogens is 4. The molecule has 0 unspecified atom stereocenters. The number of hydrogen-bond donors (Lipinski definition) is 0. The Bertz CT molecular complexity index is 856. The summed E-state index contributed by atoms with van der Waals surface area (Å²) in [7, 11) is 0. The van der Waals surface area contributed by atoms with Crippen molar-refractivity contribution in [1.29, 1.82) is 0 Å². The van der Waals surface area contributed by atoms with Gasteiger partial charge in [0.25, 0.3) is 0 Å². The molecule has 3 rings (SSSR count). The van der Waals surface area contributed by atoms with Crippen molar-refractivity contribution in [3.05, 3.63) is 33.8 Å². The lowest BCUT2D eigenvalue weighted by Crippen LogP contribution is -2.57. The van der Waals surface area contributed by atoms with Gasteiger partial charge in [0.15, 0.2) is 0 Å². The van der Waals surface area contributed by atoms with Gasteiger partial charge in [-0.3, -0.25) is 9.69 Å². The topological polar surface area (TPSA) is 43.9 Å². The Morgan fingerprint density at radius 2 is 1.73 bits per heavy atom. The van der Waals surface area contributed by atoms with Gasteiger partial charge >= 0.3 is 12.2 Å². The van der Waals surface area contributed by atoms with E-state index in [1.807, 2.05) is 22.8 Å². The average Bonchev–Trinajstić information content (AvgIpc) is 2.75. The predicted molar refractivity (Wildman–Crippen MR) is 122 cm³/mol. The van der Waals surface area contributed by atoms with Gasteiger partial charge in [0.1, 0.15) is 5.78 Å². The summed E-state index contributed by atoms with van der Waals surface area (Å²) in [5.74, 6) is -0.442. The van der Waals surface area contributed by atoms with E-state index in [2.05, 4.69) is 11.8 Å². The van der Waals surface area contributed by atoms with Crippen LogP contribution < -0.4 is 0 Å². The Morgan fingerprint density at radius 3 is 2.36 bits per heavy atom. The van der Waals surface area contributed by atoms with Crippen molar-refractivity contribution in [3.63, 3.8) is 0 Å². The van der Waals surface area contributed by atoms with E-state index in [0.717, 1.165) is 50.1 Å². The van der Waals surface area contributed by atoms with E-state index in [1.54, 1.807) is 6.07 Å². The van der Waals surface area contributed by atoms with E-state index < -0.39 is 24.8 Å². The molecule has 2 amide bonds. The molecule has 5 nitrogen and oxygen atoms in total. The molecule has 0 aliphatic carbocycles. The van der Waals surface area contributed by atoms with Crippen molar-refractivity contribution in [2.75, 3.05) is 32.7 Å². The fraction of sp³-hybridized carbons (Fsp3) is 0.667. The lowest BCUT2D eigenvalue weighted by atomic mass is 9.96. The van der Waals surface area contributed by atoms with Gasteiger partial charge in [0.2, 0.25) is 0 Å². The van der Waals surface area contributed by atoms with Crippen LogP contribution in [0.25, 0.3) is 0 Å². The molecule has 0 saturated carbocycles. The third-order valence-electron chi connectivity index (χ3n) is 6.64. The van der Waals surface area contributed by atoms with Crippen molar-refractivity contribution in [1.82, 2.24) is 14.7 Å². The summed E-state index contributed by atoms with van der Waals surface area (Å²) in [5, 5.41) is 0.473. The number of benzene rings is 1. The maximum Gasteiger partial charge on any atom is 0.389 e. The molecule has 0 bridgehead atoms. The number of alkyl halides is 3. The summed E-state index contributed by atoms with van der Waals surface area (Å²) in [6.07, 6.45) is -2.69. The van der Waals surface area contributed by atoms with Gasteiger partial charge in [0.05, 0.1) is 6.42 Å². The Hall–Kier alpha value is -1.80. The number of urea groups is 1. The summed E-state index contributed by atoms with van der Waals surface area (Å²) >= 11 is 6.28. The zero-order valence-corrected chi connectivity index (χ0v) is 20.1. The van der Waals surface area contributed by atoms with Crippen molar-refractivity contribution < 1.29 is 22.8 Å². The summed E-state index contributed by atoms with van der Waals surface area (Å²) in [6.45, 7) is 8.34. The molecule has 184 valence electrons. The number of piperazine rings is 1. The number of likely N-dealkylation sites (tertiary alicyclic amines) is 1. The Morgan fingerprint density at radius 1 is 1.06 bits per heavy atom. The molecule has 2 saturated heterocycles. The third kappa shape index (κ3) is 7.34. The number of ketones is 1. The number of Topliss-reactive ketones (excluding diaryl/α,β-unsaturated/α-hetero) is 1. The second-order valence-corrected chi connectivity index (χ2v) is 9.72. The van der Waals surface area contributed by atoms with Gasteiger partial charge in [0, 0.05) is 63.2 Å². The Labute approximate surface area is 198 Å². The summed E-state index contributed by atoms with van der Waals surface area (Å²) in [4.78, 5) is 31.2. The molecule has 0 spiro atoms. The first kappa shape index (κ1) is 25.8. The second-order valence-electron chi connectivity index (χ2n) is 9.29. The van der Waals surface area contributed by atoms with Crippen molar-refractivity contribution in [3.8, 4) is 0 Å². The van der Waals surface area contributed by atoms with E-state index >= 15 is 0 Å². The minimum Gasteiger partial charge on any atom is -0.325 e. The van der Waals surface area contributed by atoms with Crippen molar-refractivity contribution >= 4 is 23.4 Å². The highest BCUT2D eigenvalue weighted by molar-refractivity contribution is 6.30. The quantitative estimate of drug-likeness (QED) is 0.553. The van der Waals surface area contributed by atoms with Gasteiger partial charge in [-0.2, -0.15) is 13.2 Å². The normalized spacial score (nSPS) is 20.2. The van der Waals surface area contributed by atoms with Crippen LogP contribution in [0.5, 0.6) is 0 Å². The highest BCUT2D eigenvalue weighted by atomic mass is 35.5. The lowest BCUT2D eigenvalue weighted by Gasteiger charge is -2.42. The van der Waals surface area contributed by atoms with Gasteiger partial charge in [-0.15, -0.1) is 0 Å². The standard InChI is InChI=1S/C24H33ClF3N3O2/c1-17-15-29(10-11-31(17)23(33)30-8-4-3-5-9-30)16-20-13-21(25)12-19(18(20)2)14-22(32)6-7-24(26,27)28/h12-13,17H,3-11,14-16H2,1-2H3/t17-/m0/s1. The highest BCUT2D eigenvalue weighted by Crippen LogP contribution is 2.26. The first-order valence-corrected chi connectivity index (χ1v) is 12.1. The lowest BCUT2D eigenvalue weighted by molar-refractivity contribution is -0.143. The molecule has 1 atom stereocenters. The fourth-order valence-electron chi connectivity index (χ4n) is 4.70. The molecule has 2 heterocycles. The van der Waals surface area contributed by atoms with Crippen LogP contribution in [0.4, 0.5) is 18.0 Å². The molecule has 2 fully saturated rings. The van der Waals surface area contributed by atoms with Crippen LogP contribution in [0.1, 0.15) is 55.7 Å². The summed E-state index contributed by atoms with van der Waals surface area (Å²) in [5.41, 5.74) is 2.53. The van der Waals surface area contributed by atoms with Gasteiger partial charge in [-0.25, -0.2) is 4.79 Å². The number of carbonyl (C=O) groups is 2. The molecule has 0 aromatic heterocycles. The summed E-state index contributed by atoms with van der Waals surface area (Å²) in [6, 6.07) is 3.73. The van der Waals surface area contributed by atoms with Crippen LogP contribution in [0.15, 0.2) is 12.1 Å². The zero-order chi connectivity index (χ0) is 24.2. The SMILES string of the molecule is Cc1c(CC(=O)CCC(F)(F)F)cc(Cl)cc1CN1CCN(C(=O)N2CCCCC2)[C@@H](C)C1. The maximum absolute atomic E-state index is 12.9. The first-order chi connectivity index (χ1) is 15.5. The minimum absolute atomic E-state index is 0.0516. The second kappa shape index (κ2) is 11.1. The number of piperidine rings is 1. The van der Waals surface area contributed by atoms with E-state index in [1.165, 1.54) is 6.42 Å². The number of hydrogen-bond acceptors (Lipinski definition) is 3. The van der Waals surface area contributed by atoms with Crippen LogP contribution in [-0.4, -0.2) is 71.5 Å². The number of amides is 2. The molecular formula is C24H33ClF3N3O2. The van der Waals surface area contributed by atoms with Crippen LogP contribution >= 0.6 is 11.6 Å². The molecule has 2 aliphatic rings. The monoisotopic (exact) mass is 487 g/mol. The average molecular weight is 488 g/mol. The number of rotatable bonds is 6. The summed E-state index contributed by atoms with van der Waals surface area (Å²) < 4.78 is 37.3.